The van der Waals surface area contributed by atoms with E-state index in [0.29, 0.717) is 35.5 Å². The third-order valence-electron chi connectivity index (χ3n) is 5.68. The van der Waals surface area contributed by atoms with Crippen molar-refractivity contribution in [2.45, 2.75) is 23.0 Å². The van der Waals surface area contributed by atoms with Crippen LogP contribution >= 0.6 is 0 Å². The molecule has 1 aliphatic rings. The Morgan fingerprint density at radius 1 is 1.03 bits per heavy atom. The van der Waals surface area contributed by atoms with Gasteiger partial charge in [0.25, 0.3) is 0 Å². The fourth-order valence-corrected chi connectivity index (χ4v) is 5.39. The number of anilines is 1. The number of imidazole rings is 1. The van der Waals surface area contributed by atoms with Crippen LogP contribution in [0.1, 0.15) is 11.1 Å². The van der Waals surface area contributed by atoms with Gasteiger partial charge in [0.15, 0.2) is 29.7 Å². The molecule has 0 saturated carbocycles. The molecular formula is C22H20FN5O5S2. The van der Waals surface area contributed by atoms with Gasteiger partial charge >= 0.3 is 0 Å². The third kappa shape index (κ3) is 4.21. The van der Waals surface area contributed by atoms with Crippen molar-refractivity contribution in [2.75, 3.05) is 24.4 Å². The van der Waals surface area contributed by atoms with Gasteiger partial charge in [0, 0.05) is 60.1 Å². The number of ether oxygens (including phenoxy) is 1. The van der Waals surface area contributed by atoms with Crippen LogP contribution in [0.25, 0.3) is 16.6 Å². The summed E-state index contributed by atoms with van der Waals surface area (Å²) in [5.41, 5.74) is 2.31. The first-order chi connectivity index (χ1) is 16.5. The van der Waals surface area contributed by atoms with E-state index in [1.165, 1.54) is 41.3 Å². The van der Waals surface area contributed by atoms with Crippen molar-refractivity contribution in [2.24, 2.45) is 0 Å². The van der Waals surface area contributed by atoms with Crippen LogP contribution in [-0.2, 0) is 32.6 Å². The molecule has 0 radical (unpaired) electrons. The van der Waals surface area contributed by atoms with Crippen molar-refractivity contribution in [1.29, 1.82) is 0 Å². The Kier molecular flexibility index (Phi) is 5.48. The van der Waals surface area contributed by atoms with E-state index >= 15 is 0 Å². The minimum Gasteiger partial charge on any atom is -0.493 e. The first-order valence-corrected chi connectivity index (χ1v) is 14.2. The van der Waals surface area contributed by atoms with Crippen molar-refractivity contribution in [3.63, 3.8) is 0 Å². The van der Waals surface area contributed by atoms with Gasteiger partial charge in [0.2, 0.25) is 5.95 Å². The molecule has 5 rings (SSSR count). The van der Waals surface area contributed by atoms with Crippen molar-refractivity contribution in [3.05, 3.63) is 59.9 Å². The molecule has 1 aromatic carbocycles. The second kappa shape index (κ2) is 8.27. The summed E-state index contributed by atoms with van der Waals surface area (Å²) in [5, 5.41) is 2.79. The van der Waals surface area contributed by atoms with Crippen LogP contribution < -0.4 is 10.1 Å². The fraction of sp³-hybridized carbons (Fsp3) is 0.227. The quantitative estimate of drug-likeness (QED) is 0.409. The topological polar surface area (TPSA) is 133 Å². The van der Waals surface area contributed by atoms with Crippen LogP contribution in [0.3, 0.4) is 0 Å². The molecule has 3 aromatic heterocycles. The number of pyridine rings is 1. The molecule has 10 nitrogen and oxygen atoms in total. The van der Waals surface area contributed by atoms with Crippen LogP contribution in [0.5, 0.6) is 5.75 Å². The molecule has 1 N–H and O–H groups in total. The molecule has 182 valence electrons. The second-order valence-corrected chi connectivity index (χ2v) is 12.0. The summed E-state index contributed by atoms with van der Waals surface area (Å²) in [5.74, 6) is 0.514. The van der Waals surface area contributed by atoms with Gasteiger partial charge in [-0.3, -0.25) is 4.40 Å². The van der Waals surface area contributed by atoms with Gasteiger partial charge in [-0.25, -0.2) is 36.2 Å². The normalized spacial score (nSPS) is 13.6. The highest BCUT2D eigenvalue weighted by Gasteiger charge is 2.23. The van der Waals surface area contributed by atoms with Crippen LogP contribution in [0, 0.1) is 5.82 Å². The smallest absolute Gasteiger partial charge is 0.209 e. The van der Waals surface area contributed by atoms with Gasteiger partial charge in [-0.15, -0.1) is 0 Å². The highest BCUT2D eigenvalue weighted by Crippen LogP contribution is 2.32. The van der Waals surface area contributed by atoms with E-state index in [-0.39, 0.29) is 33.9 Å². The van der Waals surface area contributed by atoms with Crippen LogP contribution in [0.15, 0.2) is 53.0 Å². The van der Waals surface area contributed by atoms with Gasteiger partial charge in [-0.2, -0.15) is 0 Å². The number of hydrogen-bond acceptors (Lipinski definition) is 9. The molecule has 4 aromatic rings. The molecule has 0 fully saturated rings. The third-order valence-corrected chi connectivity index (χ3v) is 7.68. The molecule has 13 heteroatoms. The standard InChI is InChI=1S/C22H20FN5O5S2/c1-34(29,30)19-6-3-13(9-24-19)15-10-25-22(28-12-27-21(20(15)28)35(2,31)32)26-11-16-14-7-8-33-18(14)5-4-17(16)23/h3-6,9-10,12H,7-8,11H2,1-2H3,(H,25,26). The van der Waals surface area contributed by atoms with Gasteiger partial charge in [0.05, 0.1) is 12.1 Å². The number of sulfone groups is 2. The molecule has 0 aliphatic carbocycles. The molecule has 35 heavy (non-hydrogen) atoms. The highest BCUT2D eigenvalue weighted by atomic mass is 32.2. The SMILES string of the molecule is CS(=O)(=O)c1ccc(-c2cnc(NCc3c(F)ccc4c3CCO4)n3cnc(S(C)(=O)=O)c23)cn1. The largest absolute Gasteiger partial charge is 0.493 e. The minimum atomic E-state index is -3.73. The number of halogens is 1. The summed E-state index contributed by atoms with van der Waals surface area (Å²) >= 11 is 0. The zero-order valence-corrected chi connectivity index (χ0v) is 20.3. The fourth-order valence-electron chi connectivity index (χ4n) is 4.03. The van der Waals surface area contributed by atoms with Gasteiger partial charge in [-0.1, -0.05) is 0 Å². The Morgan fingerprint density at radius 2 is 1.83 bits per heavy atom. The van der Waals surface area contributed by atoms with E-state index in [0.717, 1.165) is 18.1 Å². The molecule has 0 saturated heterocycles. The predicted molar refractivity (Wildman–Crippen MR) is 125 cm³/mol. The molecule has 4 heterocycles. The highest BCUT2D eigenvalue weighted by molar-refractivity contribution is 7.91. The second-order valence-electron chi connectivity index (χ2n) is 8.15. The Hall–Kier alpha value is -3.58. The van der Waals surface area contributed by atoms with E-state index in [4.69, 9.17) is 4.74 Å². The number of benzene rings is 1. The number of nitrogens with one attached hydrogen (secondary N) is 1. The molecule has 0 unspecified atom stereocenters. The summed E-state index contributed by atoms with van der Waals surface area (Å²) in [6, 6.07) is 5.81. The zero-order chi connectivity index (χ0) is 25.0. The van der Waals surface area contributed by atoms with Crippen LogP contribution in [0.2, 0.25) is 0 Å². The Labute approximate surface area is 200 Å². The summed E-state index contributed by atoms with van der Waals surface area (Å²) in [6.45, 7) is 0.575. The number of nitrogens with zero attached hydrogens (tertiary/aromatic N) is 4. The predicted octanol–water partition coefficient (Wildman–Crippen LogP) is 2.28. The summed E-state index contributed by atoms with van der Waals surface area (Å²) in [4.78, 5) is 12.5. The lowest BCUT2D eigenvalue weighted by Crippen LogP contribution is -2.10. The van der Waals surface area contributed by atoms with E-state index in [1.54, 1.807) is 6.07 Å². The summed E-state index contributed by atoms with van der Waals surface area (Å²) in [7, 11) is -7.23. The van der Waals surface area contributed by atoms with Crippen molar-refractivity contribution in [1.82, 2.24) is 19.4 Å². The monoisotopic (exact) mass is 517 g/mol. The first-order valence-electron chi connectivity index (χ1n) is 10.4. The van der Waals surface area contributed by atoms with E-state index in [1.807, 2.05) is 0 Å². The van der Waals surface area contributed by atoms with Crippen LogP contribution in [0.4, 0.5) is 10.3 Å². The summed E-state index contributed by atoms with van der Waals surface area (Å²) < 4.78 is 70.0. The lowest BCUT2D eigenvalue weighted by molar-refractivity contribution is 0.356. The number of hydrogen-bond donors (Lipinski definition) is 1. The average molecular weight is 518 g/mol. The lowest BCUT2D eigenvalue weighted by Gasteiger charge is -2.13. The maximum Gasteiger partial charge on any atom is 0.209 e. The van der Waals surface area contributed by atoms with E-state index in [2.05, 4.69) is 20.3 Å². The van der Waals surface area contributed by atoms with Gasteiger partial charge in [-0.05, 0) is 24.3 Å². The molecule has 0 atom stereocenters. The van der Waals surface area contributed by atoms with Crippen molar-refractivity contribution >= 4 is 31.1 Å². The Balaban J connectivity index is 1.59. The molecule has 0 bridgehead atoms. The average Bonchev–Trinajstić information content (AvgIpc) is 3.45. The van der Waals surface area contributed by atoms with Gasteiger partial charge < -0.3 is 10.1 Å². The van der Waals surface area contributed by atoms with Gasteiger partial charge in [0.1, 0.15) is 17.9 Å². The Morgan fingerprint density at radius 3 is 2.51 bits per heavy atom. The Bertz CT molecular complexity index is 1680. The van der Waals surface area contributed by atoms with Crippen molar-refractivity contribution < 1.29 is 26.0 Å². The zero-order valence-electron chi connectivity index (χ0n) is 18.7. The first kappa shape index (κ1) is 23.2. The summed E-state index contributed by atoms with van der Waals surface area (Å²) in [6.07, 6.45) is 6.77. The maximum atomic E-state index is 14.6. The minimum absolute atomic E-state index is 0.0941. The molecular weight excluding hydrogens is 497 g/mol. The van der Waals surface area contributed by atoms with E-state index in [9.17, 15) is 21.2 Å². The number of aromatic nitrogens is 4. The molecule has 0 amide bonds. The van der Waals surface area contributed by atoms with Crippen molar-refractivity contribution in [3.8, 4) is 16.9 Å². The van der Waals surface area contributed by atoms with Crippen LogP contribution in [-0.4, -0.2) is 55.3 Å². The number of fused-ring (bicyclic) bond motifs is 2. The molecule has 0 spiro atoms. The lowest BCUT2D eigenvalue weighted by atomic mass is 10.0. The molecule has 1 aliphatic heterocycles. The number of rotatable bonds is 6. The maximum absolute atomic E-state index is 14.6. The van der Waals surface area contributed by atoms with E-state index < -0.39 is 19.7 Å².